The summed E-state index contributed by atoms with van der Waals surface area (Å²) in [5.74, 6) is 0.699. The van der Waals surface area contributed by atoms with E-state index in [1.54, 1.807) is 6.07 Å². The first-order valence-electron chi connectivity index (χ1n) is 6.15. The fraction of sp³-hybridized carbons (Fsp3) is 0.615. The number of rotatable bonds is 3. The second-order valence-corrected chi connectivity index (χ2v) is 7.01. The van der Waals surface area contributed by atoms with Gasteiger partial charge in [0.15, 0.2) is 5.78 Å². The average molecular weight is 291 g/mol. The first-order valence-corrected chi connectivity index (χ1v) is 7.72. The average Bonchev–Trinajstić information content (AvgIpc) is 2.51. The Balaban J connectivity index is 1.98. The van der Waals surface area contributed by atoms with Crippen LogP contribution in [0.15, 0.2) is 6.07 Å². The molecule has 0 N–H and O–H groups in total. The van der Waals surface area contributed by atoms with E-state index in [1.807, 2.05) is 0 Å². The second kappa shape index (κ2) is 6.21. The van der Waals surface area contributed by atoms with Crippen molar-refractivity contribution < 1.29 is 4.79 Å². The molecule has 1 aromatic heterocycles. The maximum atomic E-state index is 12.1. The summed E-state index contributed by atoms with van der Waals surface area (Å²) in [7, 11) is 0. The Morgan fingerprint density at radius 1 is 1.24 bits per heavy atom. The molecule has 1 saturated carbocycles. The van der Waals surface area contributed by atoms with Crippen molar-refractivity contribution in [3.8, 4) is 0 Å². The maximum absolute atomic E-state index is 12.1. The highest BCUT2D eigenvalue weighted by Crippen LogP contribution is 2.34. The van der Waals surface area contributed by atoms with Gasteiger partial charge in [-0.3, -0.25) is 4.79 Å². The van der Waals surface area contributed by atoms with E-state index in [9.17, 15) is 4.79 Å². The lowest BCUT2D eigenvalue weighted by molar-refractivity contribution is 0.0957. The van der Waals surface area contributed by atoms with Crippen LogP contribution in [-0.4, -0.2) is 5.78 Å². The summed E-state index contributed by atoms with van der Waals surface area (Å²) >= 11 is 13.1. The van der Waals surface area contributed by atoms with Crippen molar-refractivity contribution in [1.82, 2.24) is 0 Å². The molecule has 0 bridgehead atoms. The molecule has 0 unspecified atom stereocenters. The monoisotopic (exact) mass is 290 g/mol. The van der Waals surface area contributed by atoms with Gasteiger partial charge in [-0.05, 0) is 12.0 Å². The standard InChI is InChI=1S/C13H16Cl2OS/c14-12-8-10(13(15)17-12)11(16)7-9-5-3-1-2-4-6-9/h8-9H,1-7H2. The minimum absolute atomic E-state index is 0.157. The molecule has 4 heteroatoms. The van der Waals surface area contributed by atoms with Crippen LogP contribution >= 0.6 is 34.5 Å². The van der Waals surface area contributed by atoms with Gasteiger partial charge in [-0.15, -0.1) is 11.3 Å². The van der Waals surface area contributed by atoms with Gasteiger partial charge in [0.25, 0.3) is 0 Å². The van der Waals surface area contributed by atoms with Crippen LogP contribution in [0.2, 0.25) is 8.67 Å². The van der Waals surface area contributed by atoms with Crippen LogP contribution < -0.4 is 0 Å². The molecule has 0 atom stereocenters. The fourth-order valence-electron chi connectivity index (χ4n) is 2.47. The summed E-state index contributed by atoms with van der Waals surface area (Å²) in [6.45, 7) is 0. The maximum Gasteiger partial charge on any atom is 0.165 e. The molecule has 1 heterocycles. The Labute approximate surface area is 116 Å². The summed E-state index contributed by atoms with van der Waals surface area (Å²) in [5, 5.41) is 0. The van der Waals surface area contributed by atoms with Crippen LogP contribution in [0.3, 0.4) is 0 Å². The lowest BCUT2D eigenvalue weighted by Crippen LogP contribution is -2.08. The lowest BCUT2D eigenvalue weighted by atomic mass is 9.93. The fourth-order valence-corrected chi connectivity index (χ4v) is 3.97. The zero-order valence-electron chi connectivity index (χ0n) is 9.68. The molecular weight excluding hydrogens is 275 g/mol. The van der Waals surface area contributed by atoms with Crippen LogP contribution in [0.1, 0.15) is 55.3 Å². The molecule has 1 aromatic rings. The molecule has 0 amide bonds. The van der Waals surface area contributed by atoms with Gasteiger partial charge >= 0.3 is 0 Å². The van der Waals surface area contributed by atoms with Crippen LogP contribution in [0.4, 0.5) is 0 Å². The predicted octanol–water partition coefficient (Wildman–Crippen LogP) is 5.60. The van der Waals surface area contributed by atoms with Gasteiger partial charge in [-0.25, -0.2) is 0 Å². The molecule has 0 aromatic carbocycles. The Morgan fingerprint density at radius 2 is 1.88 bits per heavy atom. The summed E-state index contributed by atoms with van der Waals surface area (Å²) in [4.78, 5) is 12.1. The normalized spacial score (nSPS) is 18.0. The van der Waals surface area contributed by atoms with E-state index in [0.29, 0.717) is 26.6 Å². The molecule has 0 aliphatic heterocycles. The largest absolute Gasteiger partial charge is 0.294 e. The zero-order chi connectivity index (χ0) is 12.3. The van der Waals surface area contributed by atoms with Crippen molar-refractivity contribution in [3.05, 3.63) is 20.3 Å². The number of hydrogen-bond acceptors (Lipinski definition) is 2. The summed E-state index contributed by atoms with van der Waals surface area (Å²) in [6, 6.07) is 1.70. The summed E-state index contributed by atoms with van der Waals surface area (Å²) < 4.78 is 1.13. The van der Waals surface area contributed by atoms with E-state index in [4.69, 9.17) is 23.2 Å². The number of halogens is 2. The highest BCUT2D eigenvalue weighted by Gasteiger charge is 2.20. The molecule has 1 nitrogen and oxygen atoms in total. The third kappa shape index (κ3) is 3.70. The van der Waals surface area contributed by atoms with E-state index in [0.717, 1.165) is 0 Å². The quantitative estimate of drug-likeness (QED) is 0.523. The molecule has 1 aliphatic carbocycles. The van der Waals surface area contributed by atoms with Crippen LogP contribution in [0.25, 0.3) is 0 Å². The van der Waals surface area contributed by atoms with Crippen molar-refractivity contribution in [2.75, 3.05) is 0 Å². The van der Waals surface area contributed by atoms with Crippen molar-refractivity contribution in [2.24, 2.45) is 5.92 Å². The van der Waals surface area contributed by atoms with Gasteiger partial charge in [0.2, 0.25) is 0 Å². The molecule has 94 valence electrons. The van der Waals surface area contributed by atoms with Crippen molar-refractivity contribution in [2.45, 2.75) is 44.9 Å². The van der Waals surface area contributed by atoms with Crippen molar-refractivity contribution in [3.63, 3.8) is 0 Å². The number of carbonyl (C=O) groups excluding carboxylic acids is 1. The Hall–Kier alpha value is -0.0500. The van der Waals surface area contributed by atoms with E-state index >= 15 is 0 Å². The molecule has 0 saturated heterocycles. The minimum atomic E-state index is 0.157. The van der Waals surface area contributed by atoms with Gasteiger partial charge in [-0.1, -0.05) is 61.7 Å². The lowest BCUT2D eigenvalue weighted by Gasteiger charge is -2.12. The third-order valence-corrected chi connectivity index (χ3v) is 4.89. The Bertz CT molecular complexity index is 392. The first-order chi connectivity index (χ1) is 8.16. The smallest absolute Gasteiger partial charge is 0.165 e. The number of ketones is 1. The van der Waals surface area contributed by atoms with Crippen LogP contribution in [0.5, 0.6) is 0 Å². The second-order valence-electron chi connectivity index (χ2n) is 4.72. The Kier molecular flexibility index (Phi) is 4.89. The Morgan fingerprint density at radius 3 is 2.41 bits per heavy atom. The molecular formula is C13H16Cl2OS. The predicted molar refractivity (Wildman–Crippen MR) is 74.5 cm³/mol. The summed E-state index contributed by atoms with van der Waals surface area (Å²) in [6.07, 6.45) is 8.15. The molecule has 0 radical (unpaired) electrons. The minimum Gasteiger partial charge on any atom is -0.294 e. The molecule has 0 spiro atoms. The number of carbonyl (C=O) groups is 1. The molecule has 1 fully saturated rings. The summed E-state index contributed by atoms with van der Waals surface area (Å²) in [5.41, 5.74) is 0.617. The van der Waals surface area contributed by atoms with Crippen molar-refractivity contribution in [1.29, 1.82) is 0 Å². The van der Waals surface area contributed by atoms with E-state index in [2.05, 4.69) is 0 Å². The highest BCUT2D eigenvalue weighted by molar-refractivity contribution is 7.20. The van der Waals surface area contributed by atoms with E-state index in [-0.39, 0.29) is 5.78 Å². The number of Topliss-reactive ketones (excluding diaryl/α,β-unsaturated/α-hetero) is 1. The van der Waals surface area contributed by atoms with Crippen LogP contribution in [-0.2, 0) is 0 Å². The van der Waals surface area contributed by atoms with E-state index < -0.39 is 0 Å². The topological polar surface area (TPSA) is 17.1 Å². The molecule has 17 heavy (non-hydrogen) atoms. The van der Waals surface area contributed by atoms with Gasteiger partial charge in [0.1, 0.15) is 4.34 Å². The van der Waals surface area contributed by atoms with Crippen LogP contribution in [0, 0.1) is 5.92 Å². The van der Waals surface area contributed by atoms with Gasteiger partial charge < -0.3 is 0 Å². The number of thiophene rings is 1. The third-order valence-electron chi connectivity index (χ3n) is 3.41. The van der Waals surface area contributed by atoms with Gasteiger partial charge in [-0.2, -0.15) is 0 Å². The molecule has 1 aliphatic rings. The first kappa shape index (κ1) is 13.4. The molecule has 2 rings (SSSR count). The SMILES string of the molecule is O=C(CC1CCCCCC1)c1cc(Cl)sc1Cl. The van der Waals surface area contributed by atoms with Crippen molar-refractivity contribution >= 4 is 40.3 Å². The van der Waals surface area contributed by atoms with Gasteiger partial charge in [0.05, 0.1) is 4.34 Å². The number of hydrogen-bond donors (Lipinski definition) is 0. The van der Waals surface area contributed by atoms with Gasteiger partial charge in [0, 0.05) is 12.0 Å². The van der Waals surface area contributed by atoms with E-state index in [1.165, 1.54) is 49.9 Å². The highest BCUT2D eigenvalue weighted by atomic mass is 35.5. The zero-order valence-corrected chi connectivity index (χ0v) is 12.0.